The molecule has 6 N–H and O–H groups in total. The molecule has 0 bridgehead atoms. The molecule has 0 saturated heterocycles. The molecule has 0 heterocycles. The number of primary amides is 1. The Morgan fingerprint density at radius 2 is 1.68 bits per heavy atom. The summed E-state index contributed by atoms with van der Waals surface area (Å²) < 4.78 is 0. The number of hydrogen-bond donors (Lipinski definition) is 5. The number of ketones is 2. The third-order valence-corrected chi connectivity index (χ3v) is 9.52. The Morgan fingerprint density at radius 3 is 2.23 bits per heavy atom. The smallest absolute Gasteiger partial charge is 0.255 e. The van der Waals surface area contributed by atoms with Crippen LogP contribution in [0.15, 0.2) is 29.0 Å². The van der Waals surface area contributed by atoms with Crippen LogP contribution in [0.25, 0.3) is 5.76 Å². The van der Waals surface area contributed by atoms with Crippen molar-refractivity contribution in [2.24, 2.45) is 29.4 Å². The number of aromatic hydroxyl groups is 1. The van der Waals surface area contributed by atoms with Gasteiger partial charge in [-0.25, -0.2) is 0 Å². The number of aliphatic hydroxyl groups is 3. The lowest BCUT2D eigenvalue weighted by Crippen LogP contribution is -2.65. The average molecular weight is 552 g/mol. The minimum absolute atomic E-state index is 0.0920. The SMILES string of the molecule is CN(C)C1C(=O)C(C(N)=O)=C(O)C2(O)C(=O)C3=C(O)c4c(O)ccc(CN(CC5CC5)CC5CC5)c4CC3CC12. The van der Waals surface area contributed by atoms with Gasteiger partial charge in [-0.2, -0.15) is 0 Å². The van der Waals surface area contributed by atoms with E-state index in [1.807, 2.05) is 6.07 Å². The molecule has 214 valence electrons. The summed E-state index contributed by atoms with van der Waals surface area (Å²) in [6.45, 7) is 2.68. The van der Waals surface area contributed by atoms with E-state index < -0.39 is 58.0 Å². The summed E-state index contributed by atoms with van der Waals surface area (Å²) >= 11 is 0. The second-order valence-corrected chi connectivity index (χ2v) is 12.6. The molecule has 1 aromatic carbocycles. The van der Waals surface area contributed by atoms with Gasteiger partial charge in [-0.05, 0) is 87.6 Å². The van der Waals surface area contributed by atoms with Crippen molar-refractivity contribution in [2.75, 3.05) is 27.2 Å². The van der Waals surface area contributed by atoms with Gasteiger partial charge < -0.3 is 26.2 Å². The van der Waals surface area contributed by atoms with E-state index in [1.165, 1.54) is 36.6 Å². The van der Waals surface area contributed by atoms with Crippen LogP contribution in [-0.4, -0.2) is 86.5 Å². The number of aliphatic hydroxyl groups excluding tert-OH is 2. The highest BCUT2D eigenvalue weighted by Gasteiger charge is 2.64. The Balaban J connectivity index is 1.44. The van der Waals surface area contributed by atoms with Crippen LogP contribution < -0.4 is 5.73 Å². The number of carbonyl (C=O) groups is 3. The molecule has 4 atom stereocenters. The molecule has 0 spiro atoms. The molecule has 0 aromatic heterocycles. The molecule has 0 aliphatic heterocycles. The van der Waals surface area contributed by atoms with Crippen molar-refractivity contribution in [3.05, 3.63) is 45.7 Å². The molecule has 10 heteroatoms. The number of carbonyl (C=O) groups excluding carboxylic acids is 3. The fourth-order valence-electron chi connectivity index (χ4n) is 7.23. The molecule has 3 saturated carbocycles. The van der Waals surface area contributed by atoms with Crippen LogP contribution in [0.5, 0.6) is 5.75 Å². The van der Waals surface area contributed by atoms with E-state index in [9.17, 15) is 34.8 Å². The van der Waals surface area contributed by atoms with E-state index >= 15 is 0 Å². The van der Waals surface area contributed by atoms with Crippen molar-refractivity contribution in [3.8, 4) is 5.75 Å². The van der Waals surface area contributed by atoms with Gasteiger partial charge in [0.25, 0.3) is 5.91 Å². The normalized spacial score (nSPS) is 30.1. The van der Waals surface area contributed by atoms with Crippen LogP contribution in [0.2, 0.25) is 0 Å². The van der Waals surface area contributed by atoms with Gasteiger partial charge in [-0.3, -0.25) is 24.2 Å². The fourth-order valence-corrected chi connectivity index (χ4v) is 7.23. The fraction of sp³-hybridized carbons (Fsp3) is 0.567. The number of rotatable bonds is 8. The highest BCUT2D eigenvalue weighted by molar-refractivity contribution is 6.24. The summed E-state index contributed by atoms with van der Waals surface area (Å²) in [7, 11) is 3.19. The Morgan fingerprint density at radius 1 is 1.05 bits per heavy atom. The molecule has 6 rings (SSSR count). The van der Waals surface area contributed by atoms with Crippen molar-refractivity contribution in [3.63, 3.8) is 0 Å². The number of nitrogens with zero attached hydrogens (tertiary/aromatic N) is 2. The van der Waals surface area contributed by atoms with Gasteiger partial charge in [0.15, 0.2) is 11.4 Å². The van der Waals surface area contributed by atoms with Crippen LogP contribution in [0, 0.1) is 23.7 Å². The van der Waals surface area contributed by atoms with Crippen molar-refractivity contribution in [2.45, 2.75) is 56.7 Å². The van der Waals surface area contributed by atoms with Crippen LogP contribution in [0.4, 0.5) is 0 Å². The first kappa shape index (κ1) is 27.0. The summed E-state index contributed by atoms with van der Waals surface area (Å²) in [4.78, 5) is 43.4. The number of amides is 1. The summed E-state index contributed by atoms with van der Waals surface area (Å²) in [5.41, 5.74) is 3.72. The summed E-state index contributed by atoms with van der Waals surface area (Å²) in [6, 6.07) is 2.31. The maximum absolute atomic E-state index is 14.0. The topological polar surface area (TPSA) is 165 Å². The Hall–Kier alpha value is -3.21. The number of nitrogens with two attached hydrogens (primary N) is 1. The second kappa shape index (κ2) is 9.43. The van der Waals surface area contributed by atoms with Crippen LogP contribution in [0.1, 0.15) is 48.8 Å². The van der Waals surface area contributed by atoms with Gasteiger partial charge in [0.2, 0.25) is 5.78 Å². The average Bonchev–Trinajstić information content (AvgIpc) is 3.80. The Bertz CT molecular complexity index is 1360. The number of Topliss-reactive ketones (excluding diaryl/α,β-unsaturated/α-hetero) is 2. The maximum atomic E-state index is 14.0. The summed E-state index contributed by atoms with van der Waals surface area (Å²) in [5.74, 6) is -4.89. The largest absolute Gasteiger partial charge is 0.508 e. The first-order valence-corrected chi connectivity index (χ1v) is 14.1. The quantitative estimate of drug-likeness (QED) is 0.302. The number of likely N-dealkylation sites (N-methyl/N-ethyl adjacent to an activating group) is 1. The predicted molar refractivity (Wildman–Crippen MR) is 145 cm³/mol. The zero-order chi connectivity index (χ0) is 28.7. The summed E-state index contributed by atoms with van der Waals surface area (Å²) in [5, 5.41) is 45.0. The van der Waals surface area contributed by atoms with Gasteiger partial charge in [-0.15, -0.1) is 0 Å². The number of benzene rings is 1. The molecule has 4 unspecified atom stereocenters. The van der Waals surface area contributed by atoms with Crippen LogP contribution in [-0.2, 0) is 27.3 Å². The van der Waals surface area contributed by atoms with E-state index in [2.05, 4.69) is 4.90 Å². The monoisotopic (exact) mass is 551 g/mol. The van der Waals surface area contributed by atoms with Crippen molar-refractivity contribution >= 4 is 23.2 Å². The van der Waals surface area contributed by atoms with Gasteiger partial charge >= 0.3 is 0 Å². The lowest BCUT2D eigenvalue weighted by Gasteiger charge is -2.50. The first-order valence-electron chi connectivity index (χ1n) is 14.1. The molecule has 0 radical (unpaired) electrons. The molecule has 5 aliphatic rings. The van der Waals surface area contributed by atoms with E-state index in [4.69, 9.17) is 5.73 Å². The van der Waals surface area contributed by atoms with Gasteiger partial charge in [-0.1, -0.05) is 6.07 Å². The Labute approximate surface area is 232 Å². The highest BCUT2D eigenvalue weighted by atomic mass is 16.3. The van der Waals surface area contributed by atoms with Gasteiger partial charge in [0.1, 0.15) is 22.8 Å². The molecule has 10 nitrogen and oxygen atoms in total. The van der Waals surface area contributed by atoms with E-state index in [-0.39, 0.29) is 23.3 Å². The molecule has 1 aromatic rings. The second-order valence-electron chi connectivity index (χ2n) is 12.6. The number of fused-ring (bicyclic) bond motifs is 3. The molecule has 3 fully saturated rings. The zero-order valence-corrected chi connectivity index (χ0v) is 22.9. The molecule has 1 amide bonds. The van der Waals surface area contributed by atoms with Crippen LogP contribution >= 0.6 is 0 Å². The van der Waals surface area contributed by atoms with Crippen molar-refractivity contribution < 1.29 is 34.8 Å². The van der Waals surface area contributed by atoms with Crippen molar-refractivity contribution in [1.82, 2.24) is 9.80 Å². The Kier molecular flexibility index (Phi) is 6.36. The summed E-state index contributed by atoms with van der Waals surface area (Å²) in [6.07, 6.45) is 5.36. The minimum atomic E-state index is -2.62. The lowest BCUT2D eigenvalue weighted by molar-refractivity contribution is -0.153. The van der Waals surface area contributed by atoms with Crippen molar-refractivity contribution in [1.29, 1.82) is 0 Å². The molecular formula is C30H37N3O7. The zero-order valence-electron chi connectivity index (χ0n) is 22.9. The third-order valence-electron chi connectivity index (χ3n) is 9.52. The molecular weight excluding hydrogens is 514 g/mol. The van der Waals surface area contributed by atoms with Crippen LogP contribution in [0.3, 0.4) is 0 Å². The van der Waals surface area contributed by atoms with Gasteiger partial charge in [0, 0.05) is 31.1 Å². The molecule has 5 aliphatic carbocycles. The number of phenols is 1. The maximum Gasteiger partial charge on any atom is 0.255 e. The third kappa shape index (κ3) is 4.15. The number of phenolic OH excluding ortho intramolecular Hbond substituents is 1. The molecule has 40 heavy (non-hydrogen) atoms. The van der Waals surface area contributed by atoms with E-state index in [1.54, 1.807) is 14.1 Å². The van der Waals surface area contributed by atoms with Gasteiger partial charge in [0.05, 0.1) is 11.6 Å². The number of hydrogen-bond acceptors (Lipinski definition) is 9. The first-order chi connectivity index (χ1) is 18.9. The van der Waals surface area contributed by atoms with E-state index in [0.29, 0.717) is 24.8 Å². The standard InChI is InChI=1S/C30H37N3O7/c1-32(2)24-19-10-17-9-18-16(13-33(11-14-3-4-14)12-15-5-6-15)7-8-20(34)22(18)25(35)21(17)27(37)30(19,40)28(38)23(26(24)36)29(31)39/h7-8,14-15,17,19,24,34-35,38,40H,3-6,9-13H2,1-2H3,(H2,31,39). The minimum Gasteiger partial charge on any atom is -0.508 e. The van der Waals surface area contributed by atoms with E-state index in [0.717, 1.165) is 24.2 Å². The highest BCUT2D eigenvalue weighted by Crippen LogP contribution is 2.53. The predicted octanol–water partition coefficient (Wildman–Crippen LogP) is 1.59. The lowest BCUT2D eigenvalue weighted by atomic mass is 9.57.